The maximum Gasteiger partial charge on any atom is 0.410 e. The normalized spacial score (nSPS) is 28.8. The highest BCUT2D eigenvalue weighted by Crippen LogP contribution is 2.43. The van der Waals surface area contributed by atoms with Gasteiger partial charge < -0.3 is 14.7 Å². The zero-order valence-electron chi connectivity index (χ0n) is 12.3. The summed E-state index contributed by atoms with van der Waals surface area (Å²) >= 11 is 0. The topological polar surface area (TPSA) is 49.8 Å². The predicted octanol–water partition coefficient (Wildman–Crippen LogP) is 2.95. The summed E-state index contributed by atoms with van der Waals surface area (Å²) in [5.41, 5.74) is 1.24. The minimum Gasteiger partial charge on any atom is -0.445 e. The van der Waals surface area contributed by atoms with Crippen LogP contribution in [0.1, 0.15) is 37.7 Å². The molecule has 0 aromatic heterocycles. The van der Waals surface area contributed by atoms with Crippen molar-refractivity contribution in [2.75, 3.05) is 13.1 Å². The van der Waals surface area contributed by atoms with Gasteiger partial charge in [0.15, 0.2) is 0 Å². The van der Waals surface area contributed by atoms with E-state index in [9.17, 15) is 9.90 Å². The van der Waals surface area contributed by atoms with Gasteiger partial charge in [-0.1, -0.05) is 30.3 Å². The first-order chi connectivity index (χ1) is 10.2. The number of aliphatic hydroxyl groups excluding tert-OH is 1. The summed E-state index contributed by atoms with van der Waals surface area (Å²) in [6.45, 7) is 1.90. The Kier molecular flexibility index (Phi) is 4.15. The number of likely N-dealkylation sites (tertiary alicyclic amines) is 1. The van der Waals surface area contributed by atoms with Crippen LogP contribution in [-0.2, 0) is 11.3 Å². The van der Waals surface area contributed by atoms with Crippen LogP contribution in [0.15, 0.2) is 30.3 Å². The lowest BCUT2D eigenvalue weighted by molar-refractivity contribution is 0.0613. The lowest BCUT2D eigenvalue weighted by Crippen LogP contribution is -2.35. The second-order valence-corrected chi connectivity index (χ2v) is 6.44. The fraction of sp³-hybridized carbons (Fsp3) is 0.588. The molecule has 1 heterocycles. The van der Waals surface area contributed by atoms with E-state index in [2.05, 4.69) is 0 Å². The molecule has 1 N–H and O–H groups in total. The molecule has 21 heavy (non-hydrogen) atoms. The molecule has 3 rings (SSSR count). The summed E-state index contributed by atoms with van der Waals surface area (Å²) in [5, 5.41) is 9.63. The number of rotatable bonds is 2. The fourth-order valence-electron chi connectivity index (χ4n) is 3.52. The number of benzene rings is 1. The van der Waals surface area contributed by atoms with Crippen LogP contribution in [0, 0.1) is 5.41 Å². The minimum atomic E-state index is -0.207. The Balaban J connectivity index is 1.50. The van der Waals surface area contributed by atoms with Crippen molar-refractivity contribution in [3.63, 3.8) is 0 Å². The number of aliphatic hydroxyl groups is 1. The van der Waals surface area contributed by atoms with Gasteiger partial charge in [0.05, 0.1) is 6.10 Å². The monoisotopic (exact) mass is 289 g/mol. The van der Waals surface area contributed by atoms with Crippen molar-refractivity contribution in [3.05, 3.63) is 35.9 Å². The standard InChI is InChI=1S/C17H23NO3/c19-15-6-8-17(9-7-15)10-11-18(13-17)16(20)21-12-14-4-2-1-3-5-14/h1-5,15,19H,6-13H2. The molecule has 2 aliphatic rings. The molecule has 1 saturated carbocycles. The number of hydrogen-bond donors (Lipinski definition) is 1. The van der Waals surface area contributed by atoms with Crippen LogP contribution in [-0.4, -0.2) is 35.3 Å². The molecule has 1 amide bonds. The second-order valence-electron chi connectivity index (χ2n) is 6.44. The molecule has 4 nitrogen and oxygen atoms in total. The van der Waals surface area contributed by atoms with Gasteiger partial charge in [0.2, 0.25) is 0 Å². The van der Waals surface area contributed by atoms with Crippen molar-refractivity contribution in [3.8, 4) is 0 Å². The van der Waals surface area contributed by atoms with E-state index in [1.807, 2.05) is 35.2 Å². The first-order valence-corrected chi connectivity index (χ1v) is 7.81. The summed E-state index contributed by atoms with van der Waals surface area (Å²) in [7, 11) is 0. The maximum atomic E-state index is 12.2. The Morgan fingerprint density at radius 3 is 2.67 bits per heavy atom. The average molecular weight is 289 g/mol. The van der Waals surface area contributed by atoms with Gasteiger partial charge in [-0.05, 0) is 43.1 Å². The molecule has 0 unspecified atom stereocenters. The van der Waals surface area contributed by atoms with Gasteiger partial charge in [-0.15, -0.1) is 0 Å². The van der Waals surface area contributed by atoms with E-state index in [0.29, 0.717) is 6.61 Å². The minimum absolute atomic E-state index is 0.144. The van der Waals surface area contributed by atoms with E-state index in [-0.39, 0.29) is 17.6 Å². The number of carbonyl (C=O) groups is 1. The Labute approximate surface area is 125 Å². The Bertz CT molecular complexity index is 480. The lowest BCUT2D eigenvalue weighted by Gasteiger charge is -2.35. The van der Waals surface area contributed by atoms with E-state index in [4.69, 9.17) is 4.74 Å². The molecule has 0 atom stereocenters. The van der Waals surface area contributed by atoms with Gasteiger partial charge >= 0.3 is 6.09 Å². The lowest BCUT2D eigenvalue weighted by atomic mass is 9.73. The van der Waals surface area contributed by atoms with Crippen LogP contribution in [0.25, 0.3) is 0 Å². The highest BCUT2D eigenvalue weighted by atomic mass is 16.6. The van der Waals surface area contributed by atoms with Gasteiger partial charge in [0.25, 0.3) is 0 Å². The van der Waals surface area contributed by atoms with Crippen LogP contribution in [0.2, 0.25) is 0 Å². The van der Waals surface area contributed by atoms with Gasteiger partial charge in [-0.3, -0.25) is 0 Å². The summed E-state index contributed by atoms with van der Waals surface area (Å²) < 4.78 is 5.40. The highest BCUT2D eigenvalue weighted by Gasteiger charge is 2.42. The highest BCUT2D eigenvalue weighted by molar-refractivity contribution is 5.68. The zero-order valence-corrected chi connectivity index (χ0v) is 12.3. The van der Waals surface area contributed by atoms with E-state index in [0.717, 1.165) is 50.8 Å². The van der Waals surface area contributed by atoms with Gasteiger partial charge in [0.1, 0.15) is 6.61 Å². The van der Waals surface area contributed by atoms with Crippen molar-refractivity contribution in [2.45, 2.75) is 44.8 Å². The molecule has 1 saturated heterocycles. The molecule has 1 spiro atoms. The third-order valence-corrected chi connectivity index (χ3v) is 4.92. The molecule has 0 radical (unpaired) electrons. The number of nitrogens with zero attached hydrogens (tertiary/aromatic N) is 1. The van der Waals surface area contributed by atoms with E-state index >= 15 is 0 Å². The first-order valence-electron chi connectivity index (χ1n) is 7.81. The molecular weight excluding hydrogens is 266 g/mol. The summed E-state index contributed by atoms with van der Waals surface area (Å²) in [6, 6.07) is 9.76. The Hall–Kier alpha value is -1.55. The Morgan fingerprint density at radius 1 is 1.24 bits per heavy atom. The first kappa shape index (κ1) is 14.4. The van der Waals surface area contributed by atoms with E-state index < -0.39 is 0 Å². The molecule has 1 aliphatic heterocycles. The molecular formula is C17H23NO3. The third kappa shape index (κ3) is 3.38. The molecule has 114 valence electrons. The smallest absolute Gasteiger partial charge is 0.410 e. The molecule has 1 aliphatic carbocycles. The maximum absolute atomic E-state index is 12.2. The van der Waals surface area contributed by atoms with Gasteiger partial charge in [0, 0.05) is 13.1 Å². The molecule has 0 bridgehead atoms. The second kappa shape index (κ2) is 6.06. The van der Waals surface area contributed by atoms with Crippen molar-refractivity contribution < 1.29 is 14.6 Å². The summed E-state index contributed by atoms with van der Waals surface area (Å²) in [6.07, 6.45) is 4.48. The number of ether oxygens (including phenoxy) is 1. The van der Waals surface area contributed by atoms with E-state index in [1.165, 1.54) is 0 Å². The summed E-state index contributed by atoms with van der Waals surface area (Å²) in [5.74, 6) is 0. The SMILES string of the molecule is O=C(OCc1ccccc1)N1CCC2(CCC(O)CC2)C1. The van der Waals surface area contributed by atoms with Crippen LogP contribution in [0.5, 0.6) is 0 Å². The summed E-state index contributed by atoms with van der Waals surface area (Å²) in [4.78, 5) is 14.0. The van der Waals surface area contributed by atoms with Crippen molar-refractivity contribution in [2.24, 2.45) is 5.41 Å². The van der Waals surface area contributed by atoms with Crippen LogP contribution in [0.4, 0.5) is 4.79 Å². The van der Waals surface area contributed by atoms with Crippen LogP contribution >= 0.6 is 0 Å². The van der Waals surface area contributed by atoms with E-state index in [1.54, 1.807) is 0 Å². The van der Waals surface area contributed by atoms with Crippen molar-refractivity contribution >= 4 is 6.09 Å². The van der Waals surface area contributed by atoms with Gasteiger partial charge in [-0.25, -0.2) is 4.79 Å². The number of hydrogen-bond acceptors (Lipinski definition) is 3. The molecule has 2 fully saturated rings. The number of carbonyl (C=O) groups excluding carboxylic acids is 1. The van der Waals surface area contributed by atoms with Gasteiger partial charge in [-0.2, -0.15) is 0 Å². The van der Waals surface area contributed by atoms with Crippen LogP contribution < -0.4 is 0 Å². The third-order valence-electron chi connectivity index (χ3n) is 4.92. The molecule has 1 aromatic rings. The van der Waals surface area contributed by atoms with Crippen molar-refractivity contribution in [1.82, 2.24) is 4.90 Å². The van der Waals surface area contributed by atoms with Crippen molar-refractivity contribution in [1.29, 1.82) is 0 Å². The number of amides is 1. The molecule has 4 heteroatoms. The average Bonchev–Trinajstić information content (AvgIpc) is 2.93. The predicted molar refractivity (Wildman–Crippen MR) is 79.7 cm³/mol. The van der Waals surface area contributed by atoms with Crippen LogP contribution in [0.3, 0.4) is 0 Å². The molecule has 1 aromatic carbocycles. The largest absolute Gasteiger partial charge is 0.445 e. The Morgan fingerprint density at radius 2 is 1.95 bits per heavy atom. The quantitative estimate of drug-likeness (QED) is 0.910. The fourth-order valence-corrected chi connectivity index (χ4v) is 3.52. The zero-order chi connectivity index (χ0) is 14.7.